The van der Waals surface area contributed by atoms with Gasteiger partial charge in [0, 0.05) is 5.92 Å². The SMILES string of the molecule is O=C(Nc1cnc(C2CC2)nc1)c1ccc(-c2ccccc2F)o1. The molecule has 1 N–H and O–H groups in total. The summed E-state index contributed by atoms with van der Waals surface area (Å²) in [6.07, 6.45) is 5.41. The molecule has 3 aromatic rings. The van der Waals surface area contributed by atoms with Crippen molar-refractivity contribution in [3.05, 3.63) is 66.2 Å². The van der Waals surface area contributed by atoms with Crippen molar-refractivity contribution in [2.45, 2.75) is 18.8 Å². The minimum atomic E-state index is -0.430. The average molecular weight is 323 g/mol. The van der Waals surface area contributed by atoms with Gasteiger partial charge in [0.2, 0.25) is 0 Å². The molecule has 0 atom stereocenters. The molecular weight excluding hydrogens is 309 g/mol. The Morgan fingerprint density at radius 3 is 2.58 bits per heavy atom. The third-order valence-corrected chi connectivity index (χ3v) is 3.84. The molecule has 120 valence electrons. The van der Waals surface area contributed by atoms with Gasteiger partial charge < -0.3 is 9.73 Å². The monoisotopic (exact) mass is 323 g/mol. The maximum atomic E-state index is 13.8. The van der Waals surface area contributed by atoms with E-state index in [1.165, 1.54) is 12.1 Å². The highest BCUT2D eigenvalue weighted by molar-refractivity contribution is 6.02. The first kappa shape index (κ1) is 14.6. The van der Waals surface area contributed by atoms with E-state index in [4.69, 9.17) is 4.42 Å². The first-order chi connectivity index (χ1) is 11.7. The normalized spacial score (nSPS) is 13.7. The number of aromatic nitrogens is 2. The van der Waals surface area contributed by atoms with Gasteiger partial charge in [-0.1, -0.05) is 12.1 Å². The summed E-state index contributed by atoms with van der Waals surface area (Å²) >= 11 is 0. The van der Waals surface area contributed by atoms with E-state index in [9.17, 15) is 9.18 Å². The zero-order valence-corrected chi connectivity index (χ0v) is 12.7. The molecule has 24 heavy (non-hydrogen) atoms. The number of nitrogens with zero attached hydrogens (tertiary/aromatic N) is 2. The van der Waals surface area contributed by atoms with E-state index in [1.807, 2.05) is 0 Å². The van der Waals surface area contributed by atoms with E-state index >= 15 is 0 Å². The highest BCUT2D eigenvalue weighted by Crippen LogP contribution is 2.37. The van der Waals surface area contributed by atoms with Gasteiger partial charge in [0.1, 0.15) is 17.4 Å². The number of halogens is 1. The number of anilines is 1. The van der Waals surface area contributed by atoms with Crippen LogP contribution in [0.15, 0.2) is 53.2 Å². The van der Waals surface area contributed by atoms with Crippen molar-refractivity contribution in [1.82, 2.24) is 9.97 Å². The molecule has 0 aliphatic heterocycles. The maximum Gasteiger partial charge on any atom is 0.291 e. The smallest absolute Gasteiger partial charge is 0.291 e. The molecule has 2 aromatic heterocycles. The fourth-order valence-corrected chi connectivity index (χ4v) is 2.41. The van der Waals surface area contributed by atoms with Crippen molar-refractivity contribution in [2.24, 2.45) is 0 Å². The summed E-state index contributed by atoms with van der Waals surface area (Å²) in [5.74, 6) is 0.845. The maximum absolute atomic E-state index is 13.8. The lowest BCUT2D eigenvalue weighted by Gasteiger charge is -2.03. The number of carbonyl (C=O) groups excluding carboxylic acids is 1. The number of carbonyl (C=O) groups is 1. The van der Waals surface area contributed by atoms with Crippen LogP contribution in [-0.4, -0.2) is 15.9 Å². The average Bonchev–Trinajstić information content (AvgIpc) is 3.33. The van der Waals surface area contributed by atoms with E-state index in [2.05, 4.69) is 15.3 Å². The van der Waals surface area contributed by atoms with Gasteiger partial charge in [-0.2, -0.15) is 0 Å². The lowest BCUT2D eigenvalue weighted by molar-refractivity contribution is 0.0997. The van der Waals surface area contributed by atoms with E-state index in [0.717, 1.165) is 18.7 Å². The Balaban J connectivity index is 1.49. The number of nitrogens with one attached hydrogen (secondary N) is 1. The fraction of sp³-hybridized carbons (Fsp3) is 0.167. The van der Waals surface area contributed by atoms with Crippen molar-refractivity contribution in [3.63, 3.8) is 0 Å². The molecular formula is C18H14FN3O2. The van der Waals surface area contributed by atoms with Crippen LogP contribution in [0.4, 0.5) is 10.1 Å². The van der Waals surface area contributed by atoms with Gasteiger partial charge in [-0.25, -0.2) is 14.4 Å². The molecule has 0 saturated heterocycles. The standard InChI is InChI=1S/C18H14FN3O2/c19-14-4-2-1-3-13(14)15-7-8-16(24-15)18(23)22-12-9-20-17(21-10-12)11-5-6-11/h1-4,7-11H,5-6H2,(H,22,23). The highest BCUT2D eigenvalue weighted by atomic mass is 19.1. The summed E-state index contributed by atoms with van der Waals surface area (Å²) in [7, 11) is 0. The van der Waals surface area contributed by atoms with Gasteiger partial charge in [0.05, 0.1) is 23.6 Å². The second-order valence-electron chi connectivity index (χ2n) is 5.70. The molecule has 1 amide bonds. The summed E-state index contributed by atoms with van der Waals surface area (Å²) in [5.41, 5.74) is 0.807. The largest absolute Gasteiger partial charge is 0.451 e. The molecule has 0 radical (unpaired) electrons. The number of hydrogen-bond acceptors (Lipinski definition) is 4. The van der Waals surface area contributed by atoms with Gasteiger partial charge >= 0.3 is 0 Å². The van der Waals surface area contributed by atoms with Crippen molar-refractivity contribution < 1.29 is 13.6 Å². The summed E-state index contributed by atoms with van der Waals surface area (Å²) < 4.78 is 19.2. The fourth-order valence-electron chi connectivity index (χ4n) is 2.41. The summed E-state index contributed by atoms with van der Waals surface area (Å²) in [6.45, 7) is 0. The van der Waals surface area contributed by atoms with Crippen LogP contribution in [0, 0.1) is 5.82 Å². The predicted molar refractivity (Wildman–Crippen MR) is 86.1 cm³/mol. The van der Waals surface area contributed by atoms with Crippen LogP contribution >= 0.6 is 0 Å². The van der Waals surface area contributed by atoms with Crippen molar-refractivity contribution in [2.75, 3.05) is 5.32 Å². The van der Waals surface area contributed by atoms with Gasteiger partial charge in [-0.3, -0.25) is 4.79 Å². The molecule has 2 heterocycles. The Bertz CT molecular complexity index is 885. The Morgan fingerprint density at radius 2 is 1.88 bits per heavy atom. The molecule has 5 nitrogen and oxygen atoms in total. The number of hydrogen-bond donors (Lipinski definition) is 1. The van der Waals surface area contributed by atoms with E-state index < -0.39 is 11.7 Å². The lowest BCUT2D eigenvalue weighted by atomic mass is 10.1. The van der Waals surface area contributed by atoms with E-state index in [0.29, 0.717) is 22.9 Å². The molecule has 0 unspecified atom stereocenters. The van der Waals surface area contributed by atoms with Crippen molar-refractivity contribution >= 4 is 11.6 Å². The van der Waals surface area contributed by atoms with Crippen molar-refractivity contribution in [3.8, 4) is 11.3 Å². The van der Waals surface area contributed by atoms with Crippen LogP contribution in [0.25, 0.3) is 11.3 Å². The van der Waals surface area contributed by atoms with Crippen LogP contribution in [0.3, 0.4) is 0 Å². The predicted octanol–water partition coefficient (Wildman–Crippen LogP) is 4.01. The number of furan rings is 1. The molecule has 6 heteroatoms. The number of rotatable bonds is 4. The minimum absolute atomic E-state index is 0.0968. The Labute approximate surface area is 137 Å². The number of amides is 1. The third kappa shape index (κ3) is 2.90. The van der Waals surface area contributed by atoms with Crippen LogP contribution in [0.1, 0.15) is 35.1 Å². The Morgan fingerprint density at radius 1 is 1.12 bits per heavy atom. The first-order valence-corrected chi connectivity index (χ1v) is 7.69. The molecule has 1 aliphatic carbocycles. The second-order valence-corrected chi connectivity index (χ2v) is 5.70. The highest BCUT2D eigenvalue weighted by Gasteiger charge is 2.26. The number of benzene rings is 1. The van der Waals surface area contributed by atoms with Gasteiger partial charge in [0.25, 0.3) is 5.91 Å². The summed E-state index contributed by atoms with van der Waals surface area (Å²) in [4.78, 5) is 20.7. The van der Waals surface area contributed by atoms with Crippen LogP contribution < -0.4 is 5.32 Å². The lowest BCUT2D eigenvalue weighted by Crippen LogP contribution is -2.11. The Kier molecular flexibility index (Phi) is 3.57. The van der Waals surface area contributed by atoms with E-state index in [1.54, 1.807) is 36.7 Å². The van der Waals surface area contributed by atoms with Gasteiger partial charge in [0.15, 0.2) is 5.76 Å². The van der Waals surface area contributed by atoms with Crippen LogP contribution in [-0.2, 0) is 0 Å². The minimum Gasteiger partial charge on any atom is -0.451 e. The third-order valence-electron chi connectivity index (χ3n) is 3.84. The van der Waals surface area contributed by atoms with Crippen LogP contribution in [0.5, 0.6) is 0 Å². The van der Waals surface area contributed by atoms with Gasteiger partial charge in [-0.05, 0) is 37.1 Å². The molecule has 1 saturated carbocycles. The first-order valence-electron chi connectivity index (χ1n) is 7.69. The topological polar surface area (TPSA) is 68.0 Å². The van der Waals surface area contributed by atoms with Crippen molar-refractivity contribution in [1.29, 1.82) is 0 Å². The molecule has 1 aromatic carbocycles. The summed E-state index contributed by atoms with van der Waals surface area (Å²) in [6, 6.07) is 9.33. The molecule has 0 spiro atoms. The quantitative estimate of drug-likeness (QED) is 0.788. The Hall–Kier alpha value is -3.02. The second kappa shape index (κ2) is 5.88. The molecule has 4 rings (SSSR count). The van der Waals surface area contributed by atoms with Gasteiger partial charge in [-0.15, -0.1) is 0 Å². The molecule has 1 fully saturated rings. The molecule has 0 bridgehead atoms. The summed E-state index contributed by atoms with van der Waals surface area (Å²) in [5, 5.41) is 2.67. The zero-order chi connectivity index (χ0) is 16.5. The zero-order valence-electron chi connectivity index (χ0n) is 12.7. The van der Waals surface area contributed by atoms with E-state index in [-0.39, 0.29) is 5.76 Å². The van der Waals surface area contributed by atoms with Crippen LogP contribution in [0.2, 0.25) is 0 Å². The molecule has 1 aliphatic rings.